The average Bonchev–Trinajstić information content (AvgIpc) is 3.23. The molecule has 6 heteroatoms. The number of likely N-dealkylation sites (N-methyl/N-ethyl adjacent to an activating group) is 1. The largest absolute Gasteiger partial charge is 0.381 e. The zero-order valence-corrected chi connectivity index (χ0v) is 14.1. The first-order valence-corrected chi connectivity index (χ1v) is 7.94. The van der Waals surface area contributed by atoms with E-state index >= 15 is 0 Å². The van der Waals surface area contributed by atoms with E-state index in [1.807, 2.05) is 13.8 Å². The van der Waals surface area contributed by atoms with Crippen LogP contribution >= 0.6 is 15.9 Å². The van der Waals surface area contributed by atoms with Gasteiger partial charge in [-0.3, -0.25) is 9.69 Å². The van der Waals surface area contributed by atoms with Crippen molar-refractivity contribution in [3.8, 4) is 0 Å². The highest BCUT2D eigenvalue weighted by Crippen LogP contribution is 2.27. The summed E-state index contributed by atoms with van der Waals surface area (Å²) in [6.07, 6.45) is 4.32. The minimum Gasteiger partial charge on any atom is -0.381 e. The number of hydrogen-bond donors (Lipinski definition) is 1. The van der Waals surface area contributed by atoms with Crippen LogP contribution in [0.3, 0.4) is 0 Å². The third kappa shape index (κ3) is 3.41. The monoisotopic (exact) mass is 342 g/mol. The van der Waals surface area contributed by atoms with Crippen molar-refractivity contribution < 1.29 is 0 Å². The van der Waals surface area contributed by atoms with E-state index < -0.39 is 0 Å². The van der Waals surface area contributed by atoms with Crippen LogP contribution in [0.4, 0.5) is 5.69 Å². The molecule has 1 aromatic heterocycles. The lowest BCUT2D eigenvalue weighted by molar-refractivity contribution is 0.257. The van der Waals surface area contributed by atoms with Crippen LogP contribution in [0.2, 0.25) is 0 Å². The number of nitrogens with zero attached hydrogens (tertiary/aromatic N) is 3. The van der Waals surface area contributed by atoms with Gasteiger partial charge in [0.2, 0.25) is 0 Å². The molecule has 1 atom stereocenters. The van der Waals surface area contributed by atoms with Crippen LogP contribution < -0.4 is 10.9 Å². The highest BCUT2D eigenvalue weighted by atomic mass is 79.9. The van der Waals surface area contributed by atoms with E-state index in [9.17, 15) is 4.79 Å². The van der Waals surface area contributed by atoms with Crippen molar-refractivity contribution in [3.05, 3.63) is 21.0 Å². The Morgan fingerprint density at radius 1 is 1.50 bits per heavy atom. The molecular formula is C14H23BrN4O. The first-order chi connectivity index (χ1) is 9.41. The summed E-state index contributed by atoms with van der Waals surface area (Å²) in [5.74, 6) is 0. The van der Waals surface area contributed by atoms with Crippen LogP contribution in [0.25, 0.3) is 0 Å². The van der Waals surface area contributed by atoms with Crippen LogP contribution in [0.1, 0.15) is 39.7 Å². The van der Waals surface area contributed by atoms with Crippen LogP contribution in [-0.4, -0.2) is 40.4 Å². The maximum absolute atomic E-state index is 12.1. The third-order valence-electron chi connectivity index (χ3n) is 3.84. The van der Waals surface area contributed by atoms with Gasteiger partial charge in [-0.2, -0.15) is 5.10 Å². The van der Waals surface area contributed by atoms with Crippen molar-refractivity contribution in [3.63, 3.8) is 0 Å². The molecule has 1 aliphatic rings. The fraction of sp³-hybridized carbons (Fsp3) is 0.714. The molecule has 1 saturated carbocycles. The van der Waals surface area contributed by atoms with E-state index in [1.54, 1.807) is 6.20 Å². The van der Waals surface area contributed by atoms with E-state index in [0.29, 0.717) is 10.5 Å². The second kappa shape index (κ2) is 6.26. The second-order valence-electron chi connectivity index (χ2n) is 5.84. The van der Waals surface area contributed by atoms with Crippen LogP contribution in [0, 0.1) is 0 Å². The van der Waals surface area contributed by atoms with Gasteiger partial charge in [0.25, 0.3) is 5.56 Å². The van der Waals surface area contributed by atoms with Crippen molar-refractivity contribution in [1.29, 1.82) is 0 Å². The Balaban J connectivity index is 2.03. The summed E-state index contributed by atoms with van der Waals surface area (Å²) in [4.78, 5) is 14.5. The highest BCUT2D eigenvalue weighted by molar-refractivity contribution is 9.10. The van der Waals surface area contributed by atoms with E-state index in [1.165, 1.54) is 17.5 Å². The Kier molecular flexibility index (Phi) is 4.86. The van der Waals surface area contributed by atoms with Crippen molar-refractivity contribution in [2.24, 2.45) is 0 Å². The predicted molar refractivity (Wildman–Crippen MR) is 85.3 cm³/mol. The Morgan fingerprint density at radius 3 is 2.70 bits per heavy atom. The molecule has 0 bridgehead atoms. The summed E-state index contributed by atoms with van der Waals surface area (Å²) in [5, 5.41) is 7.53. The molecule has 0 aromatic carbocycles. The fourth-order valence-electron chi connectivity index (χ4n) is 2.18. The average molecular weight is 343 g/mol. The molecule has 1 aromatic rings. The Labute approximate surface area is 128 Å². The lowest BCUT2D eigenvalue weighted by atomic mass is 10.3. The van der Waals surface area contributed by atoms with Gasteiger partial charge in [-0.1, -0.05) is 0 Å². The lowest BCUT2D eigenvalue weighted by Gasteiger charge is -2.25. The quantitative estimate of drug-likeness (QED) is 0.862. The molecule has 2 rings (SSSR count). The predicted octanol–water partition coefficient (Wildman–Crippen LogP) is 2.48. The molecule has 0 spiro atoms. The molecule has 1 heterocycles. The molecule has 1 N–H and O–H groups in total. The van der Waals surface area contributed by atoms with Gasteiger partial charge in [-0.25, -0.2) is 4.68 Å². The maximum atomic E-state index is 12.1. The van der Waals surface area contributed by atoms with Gasteiger partial charge >= 0.3 is 0 Å². The number of nitrogens with one attached hydrogen (secondary N) is 1. The first-order valence-electron chi connectivity index (χ1n) is 7.15. The Hall–Kier alpha value is -0.880. The number of anilines is 1. The molecule has 0 aliphatic heterocycles. The number of hydrogen-bond acceptors (Lipinski definition) is 4. The van der Waals surface area contributed by atoms with Crippen LogP contribution in [-0.2, 0) is 0 Å². The van der Waals surface area contributed by atoms with Crippen molar-refractivity contribution >= 4 is 21.6 Å². The zero-order chi connectivity index (χ0) is 14.9. The summed E-state index contributed by atoms with van der Waals surface area (Å²) >= 11 is 3.38. The summed E-state index contributed by atoms with van der Waals surface area (Å²) in [6, 6.07) is 1.23. The lowest BCUT2D eigenvalue weighted by Crippen LogP contribution is -2.36. The standard InChI is InChI=1S/C14H23BrN4O/c1-9(2)19-14(20)13(15)12(8-17-19)16-7-10(3)18(4)11-5-6-11/h8-11,16H,5-7H2,1-4H3. The molecule has 1 fully saturated rings. The molecule has 20 heavy (non-hydrogen) atoms. The number of aromatic nitrogens is 2. The van der Waals surface area contributed by atoms with Gasteiger partial charge in [0.1, 0.15) is 4.47 Å². The molecular weight excluding hydrogens is 320 g/mol. The van der Waals surface area contributed by atoms with Gasteiger partial charge in [0, 0.05) is 18.6 Å². The highest BCUT2D eigenvalue weighted by Gasteiger charge is 2.29. The van der Waals surface area contributed by atoms with Gasteiger partial charge < -0.3 is 5.32 Å². The van der Waals surface area contributed by atoms with Crippen LogP contribution in [0.15, 0.2) is 15.5 Å². The van der Waals surface area contributed by atoms with Crippen molar-refractivity contribution in [1.82, 2.24) is 14.7 Å². The van der Waals surface area contributed by atoms with Crippen LogP contribution in [0.5, 0.6) is 0 Å². The maximum Gasteiger partial charge on any atom is 0.283 e. The van der Waals surface area contributed by atoms with Gasteiger partial charge in [0.05, 0.1) is 17.9 Å². The Morgan fingerprint density at radius 2 is 2.15 bits per heavy atom. The SMILES string of the molecule is CC(CNc1cnn(C(C)C)c(=O)c1Br)N(C)C1CC1. The smallest absolute Gasteiger partial charge is 0.283 e. The van der Waals surface area contributed by atoms with Crippen molar-refractivity contribution in [2.45, 2.75) is 51.7 Å². The first kappa shape index (κ1) is 15.5. The number of rotatable bonds is 6. The minimum absolute atomic E-state index is 0.0628. The molecule has 0 amide bonds. The number of halogens is 1. The van der Waals surface area contributed by atoms with E-state index in [4.69, 9.17) is 0 Å². The van der Waals surface area contributed by atoms with E-state index in [2.05, 4.69) is 45.2 Å². The second-order valence-corrected chi connectivity index (χ2v) is 6.64. The van der Waals surface area contributed by atoms with Gasteiger partial charge in [-0.15, -0.1) is 0 Å². The normalized spacial score (nSPS) is 16.8. The third-order valence-corrected chi connectivity index (χ3v) is 4.61. The van der Waals surface area contributed by atoms with Crippen molar-refractivity contribution in [2.75, 3.05) is 18.9 Å². The molecule has 0 radical (unpaired) electrons. The summed E-state index contributed by atoms with van der Waals surface area (Å²) < 4.78 is 2.04. The minimum atomic E-state index is -0.0896. The van der Waals surface area contributed by atoms with E-state index in [-0.39, 0.29) is 11.6 Å². The molecule has 0 saturated heterocycles. The molecule has 5 nitrogen and oxygen atoms in total. The summed E-state index contributed by atoms with van der Waals surface area (Å²) in [7, 11) is 2.16. The van der Waals surface area contributed by atoms with E-state index in [0.717, 1.165) is 18.3 Å². The summed E-state index contributed by atoms with van der Waals surface area (Å²) in [5.41, 5.74) is 0.677. The molecule has 1 aliphatic carbocycles. The summed E-state index contributed by atoms with van der Waals surface area (Å²) in [6.45, 7) is 6.89. The van der Waals surface area contributed by atoms with Gasteiger partial charge in [0.15, 0.2) is 0 Å². The van der Waals surface area contributed by atoms with Gasteiger partial charge in [-0.05, 0) is 56.6 Å². The topological polar surface area (TPSA) is 50.2 Å². The fourth-order valence-corrected chi connectivity index (χ4v) is 2.60. The molecule has 112 valence electrons. The zero-order valence-electron chi connectivity index (χ0n) is 12.6. The Bertz CT molecular complexity index is 524. The molecule has 1 unspecified atom stereocenters.